The van der Waals surface area contributed by atoms with Crippen molar-refractivity contribution in [1.29, 1.82) is 0 Å². The third-order valence-corrected chi connectivity index (χ3v) is 5.48. The summed E-state index contributed by atoms with van der Waals surface area (Å²) in [6.07, 6.45) is 2.17. The molecule has 3 aromatic heterocycles. The molecule has 0 radical (unpaired) electrons. The van der Waals surface area contributed by atoms with Crippen molar-refractivity contribution in [2.24, 2.45) is 7.05 Å². The maximum Gasteiger partial charge on any atom is 0.250 e. The maximum atomic E-state index is 14.4. The number of nitrogens with one attached hydrogen (secondary N) is 1. The van der Waals surface area contributed by atoms with Gasteiger partial charge in [-0.05, 0) is 31.4 Å². The molecule has 0 aliphatic heterocycles. The third-order valence-electron chi connectivity index (χ3n) is 4.79. The first-order valence-electron chi connectivity index (χ1n) is 8.67. The minimum atomic E-state index is -0.224. The smallest absolute Gasteiger partial charge is 0.250 e. The first kappa shape index (κ1) is 17.2. The molecule has 1 aromatic carbocycles. The fraction of sp³-hybridized carbons (Fsp3) is 0.294. The molecule has 5 rings (SSSR count). The van der Waals surface area contributed by atoms with E-state index in [0.717, 1.165) is 10.9 Å². The number of hydrogen-bond acceptors (Lipinski definition) is 6. The molecule has 0 amide bonds. The van der Waals surface area contributed by atoms with Crippen LogP contribution < -0.4 is 0 Å². The second kappa shape index (κ2) is 6.30. The van der Waals surface area contributed by atoms with Crippen LogP contribution in [-0.4, -0.2) is 44.7 Å². The zero-order valence-corrected chi connectivity index (χ0v) is 16.6. The Morgan fingerprint density at radius 2 is 2.07 bits per heavy atom. The van der Waals surface area contributed by atoms with Crippen molar-refractivity contribution in [3.63, 3.8) is 0 Å². The van der Waals surface area contributed by atoms with Gasteiger partial charge in [0, 0.05) is 23.0 Å². The Balaban J connectivity index is 1.60. The van der Waals surface area contributed by atoms with Crippen LogP contribution in [-0.2, 0) is 7.05 Å². The van der Waals surface area contributed by atoms with Crippen molar-refractivity contribution in [3.05, 3.63) is 52.0 Å². The van der Waals surface area contributed by atoms with Crippen LogP contribution in [0.4, 0.5) is 4.39 Å². The Morgan fingerprint density at radius 1 is 1.21 bits per heavy atom. The van der Waals surface area contributed by atoms with Gasteiger partial charge < -0.3 is 0 Å². The number of aryl methyl sites for hydroxylation is 2. The topological polar surface area (TPSA) is 103 Å². The lowest BCUT2D eigenvalue weighted by molar-refractivity contribution is 0.606. The first-order chi connectivity index (χ1) is 13.5. The van der Waals surface area contributed by atoms with Gasteiger partial charge in [-0.2, -0.15) is 19.9 Å². The van der Waals surface area contributed by atoms with E-state index >= 15 is 0 Å². The summed E-state index contributed by atoms with van der Waals surface area (Å²) >= 11 is 3.47. The highest BCUT2D eigenvalue weighted by Gasteiger charge is 2.46. The Labute approximate surface area is 167 Å². The van der Waals surface area contributed by atoms with E-state index in [1.807, 2.05) is 13.0 Å². The van der Waals surface area contributed by atoms with Crippen LogP contribution in [0.1, 0.15) is 35.5 Å². The molecule has 9 nitrogen and oxygen atoms in total. The van der Waals surface area contributed by atoms with E-state index in [1.54, 1.807) is 22.5 Å². The Kier molecular flexibility index (Phi) is 3.86. The number of nitrogens with zero attached hydrogens (tertiary/aromatic N) is 8. The van der Waals surface area contributed by atoms with Crippen molar-refractivity contribution >= 4 is 15.9 Å². The molecule has 28 heavy (non-hydrogen) atoms. The molecule has 0 spiro atoms. The lowest BCUT2D eigenvalue weighted by Crippen LogP contribution is -2.09. The largest absolute Gasteiger partial charge is 0.257 e. The number of hydrogen-bond donors (Lipinski definition) is 1. The van der Waals surface area contributed by atoms with E-state index in [0.29, 0.717) is 34.8 Å². The Hall–Kier alpha value is -2.95. The van der Waals surface area contributed by atoms with Gasteiger partial charge >= 0.3 is 0 Å². The number of aromatic amines is 1. The summed E-state index contributed by atoms with van der Waals surface area (Å²) in [7, 11) is 1.80. The van der Waals surface area contributed by atoms with Gasteiger partial charge in [0.2, 0.25) is 5.82 Å². The minimum Gasteiger partial charge on any atom is -0.257 e. The summed E-state index contributed by atoms with van der Waals surface area (Å²) in [6.45, 7) is 1.81. The van der Waals surface area contributed by atoms with Gasteiger partial charge in [-0.3, -0.25) is 5.10 Å². The summed E-state index contributed by atoms with van der Waals surface area (Å²) in [5, 5.41) is 15.5. The molecular weight excluding hydrogens is 429 g/mol. The van der Waals surface area contributed by atoms with Gasteiger partial charge in [0.15, 0.2) is 5.82 Å². The fourth-order valence-corrected chi connectivity index (χ4v) is 4.11. The van der Waals surface area contributed by atoms with Gasteiger partial charge in [-0.15, -0.1) is 5.10 Å². The lowest BCUT2D eigenvalue weighted by atomic mass is 10.1. The molecule has 1 aliphatic rings. The van der Waals surface area contributed by atoms with Crippen molar-refractivity contribution in [2.45, 2.75) is 25.2 Å². The van der Waals surface area contributed by atoms with Gasteiger partial charge in [0.25, 0.3) is 5.95 Å². The summed E-state index contributed by atoms with van der Waals surface area (Å²) in [6, 6.07) is 5.02. The van der Waals surface area contributed by atoms with E-state index in [2.05, 4.69) is 51.3 Å². The number of rotatable bonds is 4. The molecule has 11 heteroatoms. The monoisotopic (exact) mass is 443 g/mol. The first-order valence-corrected chi connectivity index (χ1v) is 9.47. The van der Waals surface area contributed by atoms with Crippen LogP contribution in [0.25, 0.3) is 17.6 Å². The molecular formula is C17H15BrFN9. The molecule has 0 saturated heterocycles. The predicted octanol–water partition coefficient (Wildman–Crippen LogP) is 2.66. The van der Waals surface area contributed by atoms with E-state index in [-0.39, 0.29) is 17.7 Å². The minimum absolute atomic E-state index is 0.00868. The molecule has 142 valence electrons. The highest BCUT2D eigenvalue weighted by Crippen LogP contribution is 2.56. The molecule has 0 bridgehead atoms. The van der Waals surface area contributed by atoms with Crippen LogP contribution in [0.5, 0.6) is 0 Å². The van der Waals surface area contributed by atoms with E-state index in [1.165, 1.54) is 12.4 Å². The maximum absolute atomic E-state index is 14.4. The number of halogens is 2. The lowest BCUT2D eigenvalue weighted by Gasteiger charge is -2.06. The molecule has 0 unspecified atom stereocenters. The Morgan fingerprint density at radius 3 is 2.75 bits per heavy atom. The Bertz CT molecular complexity index is 1140. The predicted molar refractivity (Wildman–Crippen MR) is 100 cm³/mol. The zero-order valence-electron chi connectivity index (χ0n) is 15.0. The third kappa shape index (κ3) is 2.73. The number of aromatic nitrogens is 9. The van der Waals surface area contributed by atoms with Crippen LogP contribution >= 0.6 is 15.9 Å². The second-order valence-electron chi connectivity index (χ2n) is 6.71. The summed E-state index contributed by atoms with van der Waals surface area (Å²) in [4.78, 5) is 13.3. The number of benzene rings is 1. The summed E-state index contributed by atoms with van der Waals surface area (Å²) < 4.78 is 18.5. The van der Waals surface area contributed by atoms with Crippen molar-refractivity contribution in [1.82, 2.24) is 44.7 Å². The van der Waals surface area contributed by atoms with Crippen LogP contribution in [0.15, 0.2) is 29.0 Å². The quantitative estimate of drug-likeness (QED) is 0.519. The molecule has 4 aromatic rings. The summed E-state index contributed by atoms with van der Waals surface area (Å²) in [5.41, 5.74) is 0.664. The van der Waals surface area contributed by atoms with Gasteiger partial charge in [0.05, 0.1) is 0 Å². The van der Waals surface area contributed by atoms with Gasteiger partial charge in [-0.1, -0.05) is 22.0 Å². The van der Waals surface area contributed by atoms with Crippen LogP contribution in [0.2, 0.25) is 0 Å². The van der Waals surface area contributed by atoms with E-state index in [9.17, 15) is 4.39 Å². The number of H-pyrrole nitrogens is 1. The SMILES string of the molecule is Cc1nc(-n2nc(-c3ncn[nH]3)nc2[C@@H]2C[C@H]2c2c(F)cccc2Br)n(C)n1. The molecule has 1 aliphatic carbocycles. The van der Waals surface area contributed by atoms with Crippen molar-refractivity contribution in [3.8, 4) is 17.6 Å². The second-order valence-corrected chi connectivity index (χ2v) is 7.56. The van der Waals surface area contributed by atoms with E-state index < -0.39 is 0 Å². The highest BCUT2D eigenvalue weighted by atomic mass is 79.9. The fourth-order valence-electron chi connectivity index (χ4n) is 3.47. The van der Waals surface area contributed by atoms with Crippen molar-refractivity contribution in [2.75, 3.05) is 0 Å². The zero-order chi connectivity index (χ0) is 19.4. The standard InChI is InChI=1S/C17H15BrFN9/c1-8-22-17(27(2)25-8)28-16(23-15(26-28)14-20-7-21-24-14)10-6-9(10)13-11(18)4-3-5-12(13)19/h3-5,7,9-10H,6H2,1-2H3,(H,20,21,24)/t9-,10-/m1/s1. The van der Waals surface area contributed by atoms with Gasteiger partial charge in [-0.25, -0.2) is 19.0 Å². The molecule has 3 heterocycles. The van der Waals surface area contributed by atoms with Crippen LogP contribution in [0, 0.1) is 12.7 Å². The average Bonchev–Trinajstić information content (AvgIpc) is 3.04. The molecule has 1 N–H and O–H groups in total. The van der Waals surface area contributed by atoms with Crippen LogP contribution in [0.3, 0.4) is 0 Å². The normalized spacial score (nSPS) is 18.6. The van der Waals surface area contributed by atoms with Gasteiger partial charge in [0.1, 0.15) is 23.8 Å². The van der Waals surface area contributed by atoms with Crippen molar-refractivity contribution < 1.29 is 4.39 Å². The highest BCUT2D eigenvalue weighted by molar-refractivity contribution is 9.10. The van der Waals surface area contributed by atoms with E-state index in [4.69, 9.17) is 0 Å². The molecule has 2 atom stereocenters. The molecule has 1 fully saturated rings. The summed E-state index contributed by atoms with van der Waals surface area (Å²) in [5.74, 6) is 2.53. The average molecular weight is 444 g/mol. The molecule has 1 saturated carbocycles.